The van der Waals surface area contributed by atoms with Crippen LogP contribution in [-0.2, 0) is 16.4 Å². The number of hydrogen-bond acceptors (Lipinski definition) is 6. The molecule has 0 fully saturated rings. The van der Waals surface area contributed by atoms with Crippen molar-refractivity contribution < 1.29 is 19.2 Å². The van der Waals surface area contributed by atoms with Crippen LogP contribution < -0.4 is 4.74 Å². The van der Waals surface area contributed by atoms with Crippen LogP contribution in [0.3, 0.4) is 0 Å². The van der Waals surface area contributed by atoms with Gasteiger partial charge in [0.15, 0.2) is 4.96 Å². The van der Waals surface area contributed by atoms with Gasteiger partial charge in [0.05, 0.1) is 56.0 Å². The predicted molar refractivity (Wildman–Crippen MR) is 113 cm³/mol. The van der Waals surface area contributed by atoms with Crippen molar-refractivity contribution in [2.24, 2.45) is 0 Å². The standard InChI is InChI=1S/C20H26N2O4S2/c1-12-17(22-10-16(20(4,5)24)27-18(22)21-12)13-7-8-14(26-6)15(9-13)28(25)11-19(2,3)23/h7-10,23-24H,11H2,1-6H3. The summed E-state index contributed by atoms with van der Waals surface area (Å²) in [4.78, 5) is 6.77. The average Bonchev–Trinajstić information content (AvgIpc) is 3.09. The number of methoxy groups -OCH3 is 1. The summed E-state index contributed by atoms with van der Waals surface area (Å²) in [5, 5.41) is 20.4. The van der Waals surface area contributed by atoms with Crippen molar-refractivity contribution in [1.82, 2.24) is 9.38 Å². The van der Waals surface area contributed by atoms with Gasteiger partial charge in [0.25, 0.3) is 0 Å². The van der Waals surface area contributed by atoms with Crippen LogP contribution >= 0.6 is 11.3 Å². The van der Waals surface area contributed by atoms with Crippen molar-refractivity contribution >= 4 is 27.1 Å². The quantitative estimate of drug-likeness (QED) is 0.635. The molecule has 0 radical (unpaired) electrons. The Bertz CT molecular complexity index is 1040. The lowest BCUT2D eigenvalue weighted by Gasteiger charge is -2.18. The first-order chi connectivity index (χ1) is 12.9. The molecule has 0 aliphatic heterocycles. The second-order valence-corrected chi connectivity index (χ2v) is 10.4. The van der Waals surface area contributed by atoms with Crippen LogP contribution in [0.5, 0.6) is 5.75 Å². The molecule has 0 saturated carbocycles. The van der Waals surface area contributed by atoms with E-state index in [4.69, 9.17) is 4.74 Å². The molecule has 2 aromatic heterocycles. The van der Waals surface area contributed by atoms with Gasteiger partial charge in [-0.15, -0.1) is 0 Å². The van der Waals surface area contributed by atoms with E-state index in [1.165, 1.54) is 18.4 Å². The van der Waals surface area contributed by atoms with E-state index in [1.807, 2.05) is 29.7 Å². The van der Waals surface area contributed by atoms with Crippen molar-refractivity contribution in [1.29, 1.82) is 0 Å². The molecular weight excluding hydrogens is 396 g/mol. The van der Waals surface area contributed by atoms with Crippen LogP contribution in [-0.4, -0.2) is 42.3 Å². The van der Waals surface area contributed by atoms with Gasteiger partial charge in [-0.3, -0.25) is 8.61 Å². The summed E-state index contributed by atoms with van der Waals surface area (Å²) < 4.78 is 20.2. The van der Waals surface area contributed by atoms with Gasteiger partial charge in [0.2, 0.25) is 0 Å². The first kappa shape index (κ1) is 21.0. The van der Waals surface area contributed by atoms with Crippen LogP contribution in [0.25, 0.3) is 16.2 Å². The minimum atomic E-state index is -1.43. The molecule has 8 heteroatoms. The zero-order valence-corrected chi connectivity index (χ0v) is 18.6. The zero-order chi connectivity index (χ0) is 20.9. The van der Waals surface area contributed by atoms with E-state index in [0.717, 1.165) is 26.8 Å². The molecule has 28 heavy (non-hydrogen) atoms. The van der Waals surface area contributed by atoms with E-state index >= 15 is 0 Å². The Balaban J connectivity index is 2.14. The minimum absolute atomic E-state index is 0.106. The summed E-state index contributed by atoms with van der Waals surface area (Å²) >= 11 is 1.44. The van der Waals surface area contributed by atoms with E-state index in [-0.39, 0.29) is 5.75 Å². The Morgan fingerprint density at radius 2 is 1.93 bits per heavy atom. The van der Waals surface area contributed by atoms with Crippen molar-refractivity contribution in [3.05, 3.63) is 35.0 Å². The van der Waals surface area contributed by atoms with E-state index in [2.05, 4.69) is 4.98 Å². The predicted octanol–water partition coefficient (Wildman–Crippen LogP) is 3.49. The molecular formula is C20H26N2O4S2. The van der Waals surface area contributed by atoms with Gasteiger partial charge in [-0.05, 0) is 52.8 Å². The number of fused-ring (bicyclic) bond motifs is 1. The highest BCUT2D eigenvalue weighted by molar-refractivity contribution is 7.85. The van der Waals surface area contributed by atoms with Gasteiger partial charge in [-0.1, -0.05) is 11.3 Å². The molecule has 2 heterocycles. The third-order valence-electron chi connectivity index (χ3n) is 4.27. The molecule has 0 bridgehead atoms. The number of aromatic nitrogens is 2. The van der Waals surface area contributed by atoms with Gasteiger partial charge in [0, 0.05) is 11.8 Å². The molecule has 1 unspecified atom stereocenters. The molecule has 0 aliphatic rings. The van der Waals surface area contributed by atoms with Crippen molar-refractivity contribution in [3.8, 4) is 17.0 Å². The highest BCUT2D eigenvalue weighted by Crippen LogP contribution is 2.35. The normalized spacial score (nSPS) is 13.9. The average molecular weight is 423 g/mol. The molecule has 2 N–H and O–H groups in total. The van der Waals surface area contributed by atoms with Crippen LogP contribution in [0.1, 0.15) is 38.3 Å². The summed E-state index contributed by atoms with van der Waals surface area (Å²) in [5.41, 5.74) is 0.574. The summed E-state index contributed by atoms with van der Waals surface area (Å²) in [6.45, 7) is 8.69. The Morgan fingerprint density at radius 1 is 1.25 bits per heavy atom. The Morgan fingerprint density at radius 3 is 2.50 bits per heavy atom. The first-order valence-corrected chi connectivity index (χ1v) is 11.0. The number of aryl methyl sites for hydroxylation is 1. The number of thiazole rings is 1. The molecule has 0 saturated heterocycles. The maximum Gasteiger partial charge on any atom is 0.194 e. The lowest BCUT2D eigenvalue weighted by atomic mass is 10.1. The summed E-state index contributed by atoms with van der Waals surface area (Å²) in [5.74, 6) is 0.627. The molecule has 1 atom stereocenters. The second kappa shape index (κ2) is 7.26. The lowest BCUT2D eigenvalue weighted by molar-refractivity contribution is 0.0822. The monoisotopic (exact) mass is 422 g/mol. The molecule has 1 aromatic carbocycles. The van der Waals surface area contributed by atoms with Crippen molar-refractivity contribution in [2.75, 3.05) is 12.9 Å². The topological polar surface area (TPSA) is 84.1 Å². The molecule has 0 amide bonds. The third kappa shape index (κ3) is 4.15. The van der Waals surface area contributed by atoms with E-state index in [9.17, 15) is 14.4 Å². The summed E-state index contributed by atoms with van der Waals surface area (Å²) in [6.07, 6.45) is 1.90. The third-order valence-corrected chi connectivity index (χ3v) is 7.34. The fraction of sp³-hybridized carbons (Fsp3) is 0.450. The van der Waals surface area contributed by atoms with Gasteiger partial charge in [0.1, 0.15) is 5.75 Å². The molecule has 0 spiro atoms. The number of benzene rings is 1. The highest BCUT2D eigenvalue weighted by Gasteiger charge is 2.24. The van der Waals surface area contributed by atoms with Gasteiger partial charge < -0.3 is 14.9 Å². The van der Waals surface area contributed by atoms with E-state index in [0.29, 0.717) is 10.6 Å². The fourth-order valence-electron chi connectivity index (χ4n) is 2.99. The summed E-state index contributed by atoms with van der Waals surface area (Å²) in [6, 6.07) is 5.52. The number of hydrogen-bond donors (Lipinski definition) is 2. The maximum atomic E-state index is 12.9. The second-order valence-electron chi connectivity index (χ2n) is 8.02. The lowest BCUT2D eigenvalue weighted by Crippen LogP contribution is -2.27. The zero-order valence-electron chi connectivity index (χ0n) is 16.9. The minimum Gasteiger partial charge on any atom is -0.495 e. The van der Waals surface area contributed by atoms with Gasteiger partial charge >= 0.3 is 0 Å². The Labute approximate surface area is 171 Å². The number of ether oxygens (including phenoxy) is 1. The van der Waals surface area contributed by atoms with Crippen molar-refractivity contribution in [2.45, 2.75) is 50.7 Å². The number of imidazole rings is 1. The first-order valence-electron chi connectivity index (χ1n) is 8.91. The number of aliphatic hydroxyl groups is 2. The van der Waals surface area contributed by atoms with E-state index < -0.39 is 22.0 Å². The van der Waals surface area contributed by atoms with Crippen LogP contribution in [0.2, 0.25) is 0 Å². The largest absolute Gasteiger partial charge is 0.495 e. The molecule has 3 aromatic rings. The number of rotatable bonds is 6. The Kier molecular flexibility index (Phi) is 5.44. The molecule has 6 nitrogen and oxygen atoms in total. The molecule has 3 rings (SSSR count). The van der Waals surface area contributed by atoms with Gasteiger partial charge in [-0.25, -0.2) is 4.98 Å². The highest BCUT2D eigenvalue weighted by atomic mass is 32.2. The smallest absolute Gasteiger partial charge is 0.194 e. The van der Waals surface area contributed by atoms with Crippen LogP contribution in [0.4, 0.5) is 0 Å². The summed E-state index contributed by atoms with van der Waals surface area (Å²) in [7, 11) is 0.111. The van der Waals surface area contributed by atoms with Crippen LogP contribution in [0, 0.1) is 6.92 Å². The SMILES string of the molecule is COc1ccc(-c2c(C)nc3sc(C(C)(C)O)cn23)cc1S(=O)CC(C)(C)O. The fourth-order valence-corrected chi connectivity index (χ4v) is 5.45. The number of nitrogens with zero attached hydrogens (tertiary/aromatic N) is 2. The molecule has 152 valence electrons. The van der Waals surface area contributed by atoms with Gasteiger partial charge in [-0.2, -0.15) is 0 Å². The maximum absolute atomic E-state index is 12.9. The van der Waals surface area contributed by atoms with Crippen LogP contribution in [0.15, 0.2) is 29.3 Å². The van der Waals surface area contributed by atoms with Crippen molar-refractivity contribution in [3.63, 3.8) is 0 Å². The molecule has 0 aliphatic carbocycles. The van der Waals surface area contributed by atoms with E-state index in [1.54, 1.807) is 33.8 Å². The Hall–Kier alpha value is -1.74.